The summed E-state index contributed by atoms with van der Waals surface area (Å²) < 4.78 is 26.6. The van der Waals surface area contributed by atoms with E-state index in [1.54, 1.807) is 31.2 Å². The summed E-state index contributed by atoms with van der Waals surface area (Å²) in [4.78, 5) is 2.10. The summed E-state index contributed by atoms with van der Waals surface area (Å²) in [6, 6.07) is 6.85. The van der Waals surface area contributed by atoms with Gasteiger partial charge in [-0.25, -0.2) is 13.1 Å². The second kappa shape index (κ2) is 6.72. The van der Waals surface area contributed by atoms with Crippen molar-refractivity contribution in [2.24, 2.45) is 0 Å². The SMILES string of the molecule is CCNS(=O)(=O)c1ccccc1N(C)CCCO. The topological polar surface area (TPSA) is 69.6 Å². The molecule has 1 rings (SSSR count). The molecular formula is C12H20N2O3S. The maximum Gasteiger partial charge on any atom is 0.242 e. The molecule has 0 amide bonds. The molecule has 0 aliphatic heterocycles. The first-order valence-electron chi connectivity index (χ1n) is 5.93. The number of sulfonamides is 1. The Morgan fingerprint density at radius 1 is 1.33 bits per heavy atom. The van der Waals surface area contributed by atoms with Gasteiger partial charge in [0.15, 0.2) is 0 Å². The van der Waals surface area contributed by atoms with Crippen molar-refractivity contribution >= 4 is 15.7 Å². The molecule has 1 aromatic rings. The van der Waals surface area contributed by atoms with Crippen molar-refractivity contribution in [3.8, 4) is 0 Å². The lowest BCUT2D eigenvalue weighted by molar-refractivity contribution is 0.290. The standard InChI is InChI=1S/C12H20N2O3S/c1-3-13-18(16,17)12-8-5-4-7-11(12)14(2)9-6-10-15/h4-5,7-8,13,15H,3,6,9-10H2,1-2H3. The van der Waals surface area contributed by atoms with E-state index in [2.05, 4.69) is 4.72 Å². The number of aliphatic hydroxyl groups is 1. The van der Waals surface area contributed by atoms with Gasteiger partial charge >= 0.3 is 0 Å². The van der Waals surface area contributed by atoms with Gasteiger partial charge in [0.25, 0.3) is 0 Å². The molecule has 0 aliphatic carbocycles. The van der Waals surface area contributed by atoms with E-state index in [0.29, 0.717) is 25.2 Å². The van der Waals surface area contributed by atoms with E-state index in [1.807, 2.05) is 11.9 Å². The van der Waals surface area contributed by atoms with E-state index in [4.69, 9.17) is 5.11 Å². The van der Waals surface area contributed by atoms with Gasteiger partial charge in [0.2, 0.25) is 10.0 Å². The minimum atomic E-state index is -3.47. The molecule has 1 aromatic carbocycles. The highest BCUT2D eigenvalue weighted by Crippen LogP contribution is 2.23. The zero-order valence-corrected chi connectivity index (χ0v) is 11.6. The molecule has 0 aliphatic rings. The molecule has 0 bridgehead atoms. The van der Waals surface area contributed by atoms with Gasteiger partial charge in [-0.1, -0.05) is 19.1 Å². The highest BCUT2D eigenvalue weighted by molar-refractivity contribution is 7.89. The van der Waals surface area contributed by atoms with E-state index in [-0.39, 0.29) is 11.5 Å². The molecule has 0 unspecified atom stereocenters. The normalized spacial score (nSPS) is 11.5. The van der Waals surface area contributed by atoms with Crippen LogP contribution in [0.15, 0.2) is 29.2 Å². The van der Waals surface area contributed by atoms with Crippen molar-refractivity contribution in [1.82, 2.24) is 4.72 Å². The van der Waals surface area contributed by atoms with E-state index in [1.165, 1.54) is 0 Å². The number of nitrogens with one attached hydrogen (secondary N) is 1. The predicted molar refractivity (Wildman–Crippen MR) is 72.3 cm³/mol. The van der Waals surface area contributed by atoms with Crippen LogP contribution in [0.5, 0.6) is 0 Å². The molecule has 0 heterocycles. The molecule has 0 saturated heterocycles. The van der Waals surface area contributed by atoms with Crippen LogP contribution in [0.4, 0.5) is 5.69 Å². The molecule has 2 N–H and O–H groups in total. The summed E-state index contributed by atoms with van der Waals surface area (Å²) in [6.07, 6.45) is 0.603. The van der Waals surface area contributed by atoms with Crippen LogP contribution in [-0.4, -0.2) is 40.3 Å². The van der Waals surface area contributed by atoms with Gasteiger partial charge in [-0.05, 0) is 18.6 Å². The zero-order valence-electron chi connectivity index (χ0n) is 10.8. The van der Waals surface area contributed by atoms with E-state index in [0.717, 1.165) is 0 Å². The van der Waals surface area contributed by atoms with Gasteiger partial charge in [0.05, 0.1) is 5.69 Å². The highest BCUT2D eigenvalue weighted by atomic mass is 32.2. The summed E-state index contributed by atoms with van der Waals surface area (Å²) >= 11 is 0. The van der Waals surface area contributed by atoms with Crippen molar-refractivity contribution in [1.29, 1.82) is 0 Å². The summed E-state index contributed by atoms with van der Waals surface area (Å²) in [7, 11) is -1.65. The summed E-state index contributed by atoms with van der Waals surface area (Å²) in [5.41, 5.74) is 0.645. The molecule has 0 aromatic heterocycles. The van der Waals surface area contributed by atoms with E-state index in [9.17, 15) is 8.42 Å². The van der Waals surface area contributed by atoms with Gasteiger partial charge in [-0.2, -0.15) is 0 Å². The fourth-order valence-electron chi connectivity index (χ4n) is 1.70. The molecule has 0 saturated carbocycles. The van der Waals surface area contributed by atoms with Crippen molar-refractivity contribution < 1.29 is 13.5 Å². The fourth-order valence-corrected chi connectivity index (χ4v) is 2.99. The lowest BCUT2D eigenvalue weighted by Crippen LogP contribution is -2.27. The number of anilines is 1. The van der Waals surface area contributed by atoms with Crippen molar-refractivity contribution in [3.05, 3.63) is 24.3 Å². The van der Waals surface area contributed by atoms with Gasteiger partial charge in [0, 0.05) is 26.7 Å². The van der Waals surface area contributed by atoms with Gasteiger partial charge in [-0.3, -0.25) is 0 Å². The predicted octanol–water partition coefficient (Wildman–Crippen LogP) is 0.803. The van der Waals surface area contributed by atoms with E-state index < -0.39 is 10.0 Å². The quantitative estimate of drug-likeness (QED) is 0.770. The van der Waals surface area contributed by atoms with Crippen LogP contribution in [0.2, 0.25) is 0 Å². The number of hydrogen-bond donors (Lipinski definition) is 2. The lowest BCUT2D eigenvalue weighted by atomic mass is 10.3. The second-order valence-electron chi connectivity index (χ2n) is 3.97. The third kappa shape index (κ3) is 3.69. The zero-order chi connectivity index (χ0) is 13.6. The van der Waals surface area contributed by atoms with Crippen molar-refractivity contribution in [2.75, 3.05) is 31.6 Å². The Morgan fingerprint density at radius 2 is 2.00 bits per heavy atom. The van der Waals surface area contributed by atoms with Crippen molar-refractivity contribution in [3.63, 3.8) is 0 Å². The van der Waals surface area contributed by atoms with Gasteiger partial charge < -0.3 is 10.0 Å². The summed E-state index contributed by atoms with van der Waals surface area (Å²) in [5.74, 6) is 0. The van der Waals surface area contributed by atoms with Crippen LogP contribution in [-0.2, 0) is 10.0 Å². The molecular weight excluding hydrogens is 252 g/mol. The third-order valence-corrected chi connectivity index (χ3v) is 4.14. The van der Waals surface area contributed by atoms with Crippen LogP contribution in [0.25, 0.3) is 0 Å². The van der Waals surface area contributed by atoms with Crippen LogP contribution in [0.3, 0.4) is 0 Å². The number of para-hydroxylation sites is 1. The minimum Gasteiger partial charge on any atom is -0.396 e. The number of benzene rings is 1. The highest BCUT2D eigenvalue weighted by Gasteiger charge is 2.18. The molecule has 102 valence electrons. The smallest absolute Gasteiger partial charge is 0.242 e. The first kappa shape index (κ1) is 14.9. The first-order chi connectivity index (χ1) is 8.53. The van der Waals surface area contributed by atoms with Gasteiger partial charge in [0.1, 0.15) is 4.90 Å². The summed E-state index contributed by atoms with van der Waals surface area (Å²) in [6.45, 7) is 2.80. The second-order valence-corrected chi connectivity index (χ2v) is 5.70. The number of aliphatic hydroxyl groups excluding tert-OH is 1. The Hall–Kier alpha value is -1.11. The molecule has 0 spiro atoms. The van der Waals surface area contributed by atoms with Crippen LogP contribution < -0.4 is 9.62 Å². The maximum absolute atomic E-state index is 12.0. The van der Waals surface area contributed by atoms with Crippen LogP contribution in [0, 0.1) is 0 Å². The monoisotopic (exact) mass is 272 g/mol. The Labute approximate surface area is 108 Å². The molecule has 0 radical (unpaired) electrons. The third-order valence-electron chi connectivity index (χ3n) is 2.55. The molecule has 6 heteroatoms. The molecule has 18 heavy (non-hydrogen) atoms. The number of rotatable bonds is 7. The van der Waals surface area contributed by atoms with Crippen molar-refractivity contribution in [2.45, 2.75) is 18.2 Å². The average Bonchev–Trinajstić information content (AvgIpc) is 2.36. The number of hydrogen-bond acceptors (Lipinski definition) is 4. The largest absolute Gasteiger partial charge is 0.396 e. The molecule has 0 atom stereocenters. The lowest BCUT2D eigenvalue weighted by Gasteiger charge is -2.21. The van der Waals surface area contributed by atoms with E-state index >= 15 is 0 Å². The summed E-state index contributed by atoms with van der Waals surface area (Å²) in [5, 5.41) is 8.82. The van der Waals surface area contributed by atoms with Gasteiger partial charge in [-0.15, -0.1) is 0 Å². The molecule has 0 fully saturated rings. The number of nitrogens with zero attached hydrogens (tertiary/aromatic N) is 1. The van der Waals surface area contributed by atoms with Crippen LogP contribution in [0.1, 0.15) is 13.3 Å². The Bertz CT molecular complexity index is 474. The minimum absolute atomic E-state index is 0.0897. The fraction of sp³-hybridized carbons (Fsp3) is 0.500. The maximum atomic E-state index is 12.0. The average molecular weight is 272 g/mol. The van der Waals surface area contributed by atoms with Crippen LogP contribution >= 0.6 is 0 Å². The Balaban J connectivity index is 3.06. The Kier molecular flexibility index (Phi) is 5.58. The Morgan fingerprint density at radius 3 is 2.61 bits per heavy atom. The molecule has 5 nitrogen and oxygen atoms in total. The first-order valence-corrected chi connectivity index (χ1v) is 7.42.